The Morgan fingerprint density at radius 2 is 2.04 bits per heavy atom. The molecule has 0 N–H and O–H groups in total. The number of ether oxygens (including phenoxy) is 1. The second-order valence-electron chi connectivity index (χ2n) is 6.89. The van der Waals surface area contributed by atoms with Crippen molar-refractivity contribution in [2.75, 3.05) is 20.2 Å². The Kier molecular flexibility index (Phi) is 4.59. The lowest BCUT2D eigenvalue weighted by molar-refractivity contribution is 0.197. The normalized spacial score (nSPS) is 16.3. The highest BCUT2D eigenvalue weighted by molar-refractivity contribution is 5.74. The molecule has 0 amide bonds. The molecule has 1 saturated heterocycles. The van der Waals surface area contributed by atoms with Crippen molar-refractivity contribution in [3.63, 3.8) is 0 Å². The van der Waals surface area contributed by atoms with Crippen LogP contribution >= 0.6 is 0 Å². The smallest absolute Gasteiger partial charge is 0.126 e. The molecule has 5 nitrogen and oxygen atoms in total. The van der Waals surface area contributed by atoms with Gasteiger partial charge in [-0.15, -0.1) is 0 Å². The maximum absolute atomic E-state index is 13.4. The Balaban J connectivity index is 1.44. The second kappa shape index (κ2) is 7.03. The van der Waals surface area contributed by atoms with Gasteiger partial charge in [-0.3, -0.25) is 9.88 Å². The molecule has 1 aliphatic heterocycles. The van der Waals surface area contributed by atoms with E-state index in [2.05, 4.69) is 21.5 Å². The zero-order valence-corrected chi connectivity index (χ0v) is 15.2. The summed E-state index contributed by atoms with van der Waals surface area (Å²) in [4.78, 5) is 11.3. The highest BCUT2D eigenvalue weighted by Crippen LogP contribution is 2.35. The monoisotopic (exact) mass is 354 g/mol. The summed E-state index contributed by atoms with van der Waals surface area (Å²) in [5, 5.41) is 0. The molecule has 0 spiro atoms. The van der Waals surface area contributed by atoms with Crippen LogP contribution in [0.3, 0.4) is 0 Å². The SMILES string of the molecule is COc1cc(F)ccc1C1CCN(Cc2nc3cnccc3n2C)CC1. The van der Waals surface area contributed by atoms with Gasteiger partial charge < -0.3 is 9.30 Å². The molecule has 0 unspecified atom stereocenters. The predicted molar refractivity (Wildman–Crippen MR) is 98.7 cm³/mol. The van der Waals surface area contributed by atoms with Gasteiger partial charge >= 0.3 is 0 Å². The lowest BCUT2D eigenvalue weighted by atomic mass is 9.88. The Morgan fingerprint density at radius 1 is 1.23 bits per heavy atom. The van der Waals surface area contributed by atoms with E-state index in [0.717, 1.165) is 54.9 Å². The first-order valence-electron chi connectivity index (χ1n) is 8.97. The van der Waals surface area contributed by atoms with Crippen molar-refractivity contribution in [2.24, 2.45) is 7.05 Å². The number of nitrogens with zero attached hydrogens (tertiary/aromatic N) is 4. The molecule has 1 fully saturated rings. The highest BCUT2D eigenvalue weighted by Gasteiger charge is 2.24. The second-order valence-corrected chi connectivity index (χ2v) is 6.89. The number of halogens is 1. The van der Waals surface area contributed by atoms with E-state index in [4.69, 9.17) is 9.72 Å². The van der Waals surface area contributed by atoms with Gasteiger partial charge in [0.15, 0.2) is 0 Å². The lowest BCUT2D eigenvalue weighted by Crippen LogP contribution is -2.33. The molecule has 0 radical (unpaired) electrons. The zero-order chi connectivity index (χ0) is 18.1. The van der Waals surface area contributed by atoms with Crippen LogP contribution in [0.2, 0.25) is 0 Å². The number of fused-ring (bicyclic) bond motifs is 1. The van der Waals surface area contributed by atoms with E-state index in [1.54, 1.807) is 13.3 Å². The molecule has 2 aromatic heterocycles. The maximum Gasteiger partial charge on any atom is 0.126 e. The van der Waals surface area contributed by atoms with Crippen LogP contribution in [0.25, 0.3) is 11.0 Å². The molecular weight excluding hydrogens is 331 g/mol. The van der Waals surface area contributed by atoms with Crippen molar-refractivity contribution < 1.29 is 9.13 Å². The van der Waals surface area contributed by atoms with Crippen LogP contribution < -0.4 is 4.74 Å². The summed E-state index contributed by atoms with van der Waals surface area (Å²) in [6.45, 7) is 2.82. The van der Waals surface area contributed by atoms with Crippen LogP contribution in [0.15, 0.2) is 36.7 Å². The van der Waals surface area contributed by atoms with E-state index in [1.165, 1.54) is 12.1 Å². The van der Waals surface area contributed by atoms with Gasteiger partial charge in [0, 0.05) is 19.3 Å². The highest BCUT2D eigenvalue weighted by atomic mass is 19.1. The quantitative estimate of drug-likeness (QED) is 0.719. The molecule has 6 heteroatoms. The molecular formula is C20H23FN4O. The van der Waals surface area contributed by atoms with E-state index in [1.807, 2.05) is 18.3 Å². The van der Waals surface area contributed by atoms with E-state index in [0.29, 0.717) is 11.7 Å². The number of hydrogen-bond donors (Lipinski definition) is 0. The van der Waals surface area contributed by atoms with Crippen LogP contribution in [0.1, 0.15) is 30.1 Å². The molecule has 1 aromatic carbocycles. The number of methoxy groups -OCH3 is 1. The summed E-state index contributed by atoms with van der Waals surface area (Å²) in [6, 6.07) is 6.87. The summed E-state index contributed by atoms with van der Waals surface area (Å²) in [6.07, 6.45) is 5.68. The molecule has 0 bridgehead atoms. The van der Waals surface area contributed by atoms with Crippen molar-refractivity contribution in [3.8, 4) is 5.75 Å². The average molecular weight is 354 g/mol. The molecule has 0 saturated carbocycles. The topological polar surface area (TPSA) is 43.2 Å². The Hall–Kier alpha value is -2.47. The van der Waals surface area contributed by atoms with E-state index in [9.17, 15) is 4.39 Å². The third-order valence-corrected chi connectivity index (χ3v) is 5.36. The fourth-order valence-corrected chi connectivity index (χ4v) is 3.87. The largest absolute Gasteiger partial charge is 0.496 e. The maximum atomic E-state index is 13.4. The summed E-state index contributed by atoms with van der Waals surface area (Å²) < 4.78 is 21.0. The fraction of sp³-hybridized carbons (Fsp3) is 0.400. The van der Waals surface area contributed by atoms with E-state index in [-0.39, 0.29) is 5.82 Å². The number of aromatic nitrogens is 3. The van der Waals surface area contributed by atoms with Gasteiger partial charge in [-0.25, -0.2) is 9.37 Å². The third-order valence-electron chi connectivity index (χ3n) is 5.36. The lowest BCUT2D eigenvalue weighted by Gasteiger charge is -2.32. The Morgan fingerprint density at radius 3 is 2.77 bits per heavy atom. The Labute approximate surface area is 152 Å². The molecule has 3 heterocycles. The molecule has 4 rings (SSSR count). The van der Waals surface area contributed by atoms with Gasteiger partial charge in [0.05, 0.1) is 25.4 Å². The molecule has 1 aliphatic rings. The molecule has 0 atom stereocenters. The van der Waals surface area contributed by atoms with Gasteiger partial charge in [-0.1, -0.05) is 6.07 Å². The number of likely N-dealkylation sites (tertiary alicyclic amines) is 1. The summed E-state index contributed by atoms with van der Waals surface area (Å²) in [5.41, 5.74) is 3.17. The first kappa shape index (κ1) is 17.0. The van der Waals surface area contributed by atoms with Crippen LogP contribution in [0.5, 0.6) is 5.75 Å². The number of aryl methyl sites for hydroxylation is 1. The van der Waals surface area contributed by atoms with Gasteiger partial charge in [-0.05, 0) is 49.5 Å². The molecule has 0 aliphatic carbocycles. The van der Waals surface area contributed by atoms with Crippen molar-refractivity contribution >= 4 is 11.0 Å². The first-order valence-corrected chi connectivity index (χ1v) is 8.97. The minimum atomic E-state index is -0.251. The standard InChI is InChI=1S/C20H23FN4O/c1-24-18-5-8-22-12-17(18)23-20(24)13-25-9-6-14(7-10-25)16-4-3-15(21)11-19(16)26-2/h3-5,8,11-12,14H,6-7,9-10,13H2,1-2H3. The summed E-state index contributed by atoms with van der Waals surface area (Å²) in [7, 11) is 3.66. The molecule has 3 aromatic rings. The molecule has 136 valence electrons. The number of rotatable bonds is 4. The third kappa shape index (κ3) is 3.17. The van der Waals surface area contributed by atoms with Crippen molar-refractivity contribution in [2.45, 2.75) is 25.3 Å². The van der Waals surface area contributed by atoms with Crippen molar-refractivity contribution in [1.82, 2.24) is 19.4 Å². The van der Waals surface area contributed by atoms with Crippen LogP contribution in [-0.4, -0.2) is 39.6 Å². The number of benzene rings is 1. The first-order chi connectivity index (χ1) is 12.7. The fourth-order valence-electron chi connectivity index (χ4n) is 3.87. The van der Waals surface area contributed by atoms with E-state index >= 15 is 0 Å². The van der Waals surface area contributed by atoms with Crippen LogP contribution in [-0.2, 0) is 13.6 Å². The number of pyridine rings is 1. The summed E-state index contributed by atoms with van der Waals surface area (Å²) >= 11 is 0. The average Bonchev–Trinajstić information content (AvgIpc) is 2.98. The van der Waals surface area contributed by atoms with Crippen LogP contribution in [0, 0.1) is 5.82 Å². The Bertz CT molecular complexity index is 915. The summed E-state index contributed by atoms with van der Waals surface area (Å²) in [5.74, 6) is 1.88. The van der Waals surface area contributed by atoms with Gasteiger partial charge in [0.1, 0.15) is 22.9 Å². The number of imidazole rings is 1. The van der Waals surface area contributed by atoms with E-state index < -0.39 is 0 Å². The number of hydrogen-bond acceptors (Lipinski definition) is 4. The minimum absolute atomic E-state index is 0.251. The minimum Gasteiger partial charge on any atom is -0.496 e. The number of piperidine rings is 1. The molecule has 26 heavy (non-hydrogen) atoms. The zero-order valence-electron chi connectivity index (χ0n) is 15.2. The van der Waals surface area contributed by atoms with Gasteiger partial charge in [0.2, 0.25) is 0 Å². The van der Waals surface area contributed by atoms with Gasteiger partial charge in [-0.2, -0.15) is 0 Å². The van der Waals surface area contributed by atoms with Crippen molar-refractivity contribution in [1.29, 1.82) is 0 Å². The van der Waals surface area contributed by atoms with Gasteiger partial charge in [0.25, 0.3) is 0 Å². The van der Waals surface area contributed by atoms with Crippen LogP contribution in [0.4, 0.5) is 4.39 Å². The van der Waals surface area contributed by atoms with Crippen molar-refractivity contribution in [3.05, 3.63) is 53.9 Å². The predicted octanol–water partition coefficient (Wildman–Crippen LogP) is 3.50.